The van der Waals surface area contributed by atoms with Gasteiger partial charge in [0.2, 0.25) is 11.8 Å². The maximum Gasteiger partial charge on any atom is 0.326 e. The van der Waals surface area contributed by atoms with Crippen LogP contribution in [0.25, 0.3) is 11.0 Å². The number of fused-ring (bicyclic) bond motifs is 1. The molecule has 1 aliphatic rings. The lowest BCUT2D eigenvalue weighted by molar-refractivity contribution is -0.132. The number of benzene rings is 1. The fourth-order valence-electron chi connectivity index (χ4n) is 2.94. The molecule has 0 atom stereocenters. The Balaban J connectivity index is 0.000000295. The number of carbonyl (C=O) groups excluding carboxylic acids is 2. The number of imide groups is 1. The molecule has 0 unspecified atom stereocenters. The van der Waals surface area contributed by atoms with Crippen LogP contribution in [0.4, 0.5) is 0 Å². The number of nitrogens with one attached hydrogen (secondary N) is 2. The minimum absolute atomic E-state index is 0. The van der Waals surface area contributed by atoms with Crippen LogP contribution in [0.2, 0.25) is 0 Å². The molecular weight excluding hydrogens is 306 g/mol. The minimum Gasteiger partial charge on any atom is -0.306 e. The zero-order valence-electron chi connectivity index (χ0n) is 14.5. The summed E-state index contributed by atoms with van der Waals surface area (Å²) < 4.78 is 1.67. The maximum absolute atomic E-state index is 11.5. The third-order valence-corrected chi connectivity index (χ3v) is 4.47. The van der Waals surface area contributed by atoms with E-state index in [1.165, 1.54) is 5.56 Å². The second kappa shape index (κ2) is 7.95. The summed E-state index contributed by atoms with van der Waals surface area (Å²) in [4.78, 5) is 35.0. The molecule has 1 fully saturated rings. The molecule has 2 N–H and O–H groups in total. The summed E-state index contributed by atoms with van der Waals surface area (Å²) in [5, 5.41) is 2.20. The summed E-state index contributed by atoms with van der Waals surface area (Å²) >= 11 is 0. The van der Waals surface area contributed by atoms with Gasteiger partial charge in [-0.05, 0) is 42.9 Å². The van der Waals surface area contributed by atoms with Gasteiger partial charge in [-0.3, -0.25) is 19.5 Å². The van der Waals surface area contributed by atoms with Crippen molar-refractivity contribution in [1.29, 1.82) is 0 Å². The number of amides is 2. The van der Waals surface area contributed by atoms with Gasteiger partial charge in [-0.2, -0.15) is 0 Å². The van der Waals surface area contributed by atoms with Crippen LogP contribution in [0.5, 0.6) is 0 Å². The first-order chi connectivity index (χ1) is 11.5. The van der Waals surface area contributed by atoms with E-state index in [0.717, 1.165) is 23.9 Å². The average molecular weight is 333 g/mol. The van der Waals surface area contributed by atoms with E-state index >= 15 is 0 Å². The average Bonchev–Trinajstić information content (AvgIpc) is 2.84. The Morgan fingerprint density at radius 3 is 2.25 bits per heavy atom. The number of imidazole rings is 1. The van der Waals surface area contributed by atoms with E-state index in [-0.39, 0.29) is 18.9 Å². The SMILES string of the molecule is CCC(CC)c1ccc2[nH]c(=O)n(C)c2c1.O=C1CCCC(=O)N1.[HH]. The van der Waals surface area contributed by atoms with E-state index < -0.39 is 0 Å². The second-order valence-electron chi connectivity index (χ2n) is 6.10. The van der Waals surface area contributed by atoms with Crippen molar-refractivity contribution < 1.29 is 11.0 Å². The van der Waals surface area contributed by atoms with Gasteiger partial charge >= 0.3 is 5.69 Å². The Hall–Kier alpha value is -2.37. The van der Waals surface area contributed by atoms with Crippen LogP contribution < -0.4 is 11.0 Å². The van der Waals surface area contributed by atoms with Crippen molar-refractivity contribution in [1.82, 2.24) is 14.9 Å². The van der Waals surface area contributed by atoms with Crippen molar-refractivity contribution in [3.05, 3.63) is 34.2 Å². The number of aryl methyl sites for hydroxylation is 1. The lowest BCUT2D eigenvalue weighted by Gasteiger charge is -2.12. The first kappa shape index (κ1) is 18.0. The maximum atomic E-state index is 11.5. The zero-order valence-corrected chi connectivity index (χ0v) is 14.5. The van der Waals surface area contributed by atoms with Gasteiger partial charge in [-0.15, -0.1) is 0 Å². The Bertz CT molecular complexity index is 776. The zero-order chi connectivity index (χ0) is 17.7. The molecule has 6 nitrogen and oxygen atoms in total. The lowest BCUT2D eigenvalue weighted by atomic mass is 9.94. The van der Waals surface area contributed by atoms with Gasteiger partial charge in [0.15, 0.2) is 0 Å². The summed E-state index contributed by atoms with van der Waals surface area (Å²) in [6.07, 6.45) is 4.00. The van der Waals surface area contributed by atoms with Crippen LogP contribution in [0.1, 0.15) is 58.9 Å². The van der Waals surface area contributed by atoms with Crippen LogP contribution in [-0.2, 0) is 16.6 Å². The molecule has 6 heteroatoms. The Morgan fingerprint density at radius 2 is 1.75 bits per heavy atom. The molecule has 0 radical (unpaired) electrons. The van der Waals surface area contributed by atoms with E-state index in [0.29, 0.717) is 25.2 Å². The summed E-state index contributed by atoms with van der Waals surface area (Å²) in [7, 11) is 1.80. The highest BCUT2D eigenvalue weighted by atomic mass is 16.2. The molecule has 0 aliphatic carbocycles. The van der Waals surface area contributed by atoms with Gasteiger partial charge in [0.25, 0.3) is 0 Å². The highest BCUT2D eigenvalue weighted by Gasteiger charge is 2.13. The molecule has 3 rings (SSSR count). The van der Waals surface area contributed by atoms with Gasteiger partial charge in [0, 0.05) is 21.3 Å². The van der Waals surface area contributed by atoms with Gasteiger partial charge in [-0.1, -0.05) is 19.9 Å². The van der Waals surface area contributed by atoms with Crippen molar-refractivity contribution in [2.75, 3.05) is 0 Å². The number of hydrogen-bond acceptors (Lipinski definition) is 3. The second-order valence-corrected chi connectivity index (χ2v) is 6.10. The van der Waals surface area contributed by atoms with Crippen molar-refractivity contribution in [3.63, 3.8) is 0 Å². The predicted molar refractivity (Wildman–Crippen MR) is 96.0 cm³/mol. The summed E-state index contributed by atoms with van der Waals surface area (Å²) in [6, 6.07) is 6.26. The standard InChI is InChI=1S/C13H18N2O.C5H7NO2.H2/c1-4-9(5-2)10-6-7-11-12(8-10)15(3)13(16)14-11;7-4-2-1-3-5(8)6-4;/h6-9H,4-5H2,1-3H3,(H,14,16);1-3H2,(H,6,7,8);1H. The number of H-pyrrole nitrogens is 1. The number of rotatable bonds is 3. The van der Waals surface area contributed by atoms with E-state index in [1.807, 2.05) is 6.07 Å². The minimum atomic E-state index is -0.138. The van der Waals surface area contributed by atoms with Crippen molar-refractivity contribution in [2.24, 2.45) is 7.05 Å². The van der Waals surface area contributed by atoms with Crippen molar-refractivity contribution >= 4 is 22.8 Å². The van der Waals surface area contributed by atoms with Crippen molar-refractivity contribution in [3.8, 4) is 0 Å². The van der Waals surface area contributed by atoms with Gasteiger partial charge in [0.05, 0.1) is 11.0 Å². The summed E-state index contributed by atoms with van der Waals surface area (Å²) in [6.45, 7) is 4.41. The van der Waals surface area contributed by atoms with Crippen molar-refractivity contribution in [2.45, 2.75) is 51.9 Å². The normalized spacial score (nSPS) is 14.5. The van der Waals surface area contributed by atoms with E-state index in [1.54, 1.807) is 11.6 Å². The molecule has 1 aliphatic heterocycles. The third-order valence-electron chi connectivity index (χ3n) is 4.47. The van der Waals surface area contributed by atoms with Gasteiger partial charge in [-0.25, -0.2) is 4.79 Å². The largest absolute Gasteiger partial charge is 0.326 e. The Morgan fingerprint density at radius 1 is 1.12 bits per heavy atom. The molecule has 0 bridgehead atoms. The molecule has 2 amide bonds. The first-order valence-electron chi connectivity index (χ1n) is 8.47. The topological polar surface area (TPSA) is 84.0 Å². The van der Waals surface area contributed by atoms with Gasteiger partial charge in [0.1, 0.15) is 0 Å². The van der Waals surface area contributed by atoms with Crippen LogP contribution >= 0.6 is 0 Å². The fraction of sp³-hybridized carbons (Fsp3) is 0.500. The Kier molecular flexibility index (Phi) is 5.95. The van der Waals surface area contributed by atoms with Crippen LogP contribution in [0.3, 0.4) is 0 Å². The van der Waals surface area contributed by atoms with Crippen LogP contribution in [0, 0.1) is 0 Å². The van der Waals surface area contributed by atoms with Gasteiger partial charge < -0.3 is 4.98 Å². The summed E-state index contributed by atoms with van der Waals surface area (Å²) in [5.41, 5.74) is 3.19. The van der Waals surface area contributed by atoms with E-state index in [4.69, 9.17) is 0 Å². The number of carbonyl (C=O) groups is 2. The molecule has 2 heterocycles. The lowest BCUT2D eigenvalue weighted by Crippen LogP contribution is -2.33. The number of piperidine rings is 1. The Labute approximate surface area is 142 Å². The number of nitrogens with zero attached hydrogens (tertiary/aromatic N) is 1. The first-order valence-corrected chi connectivity index (χ1v) is 8.47. The fourth-order valence-corrected chi connectivity index (χ4v) is 2.94. The number of aromatic amines is 1. The summed E-state index contributed by atoms with van der Waals surface area (Å²) in [5.74, 6) is 0.317. The smallest absolute Gasteiger partial charge is 0.306 e. The molecule has 24 heavy (non-hydrogen) atoms. The number of hydrogen-bond donors (Lipinski definition) is 2. The van der Waals surface area contributed by atoms with E-state index in [2.05, 4.69) is 36.3 Å². The highest BCUT2D eigenvalue weighted by molar-refractivity contribution is 5.97. The highest BCUT2D eigenvalue weighted by Crippen LogP contribution is 2.25. The van der Waals surface area contributed by atoms with Crippen LogP contribution in [-0.4, -0.2) is 21.4 Å². The van der Waals surface area contributed by atoms with E-state index in [9.17, 15) is 14.4 Å². The molecular formula is C18H27N3O3. The molecule has 1 aromatic heterocycles. The predicted octanol–water partition coefficient (Wildman–Crippen LogP) is 2.83. The monoisotopic (exact) mass is 333 g/mol. The molecule has 1 aromatic carbocycles. The quantitative estimate of drug-likeness (QED) is 0.847. The molecule has 2 aromatic rings. The van der Waals surface area contributed by atoms with Crippen LogP contribution in [0.15, 0.2) is 23.0 Å². The molecule has 1 saturated heterocycles. The molecule has 0 spiro atoms. The third kappa shape index (κ3) is 4.13. The number of aromatic nitrogens is 2. The molecule has 0 saturated carbocycles. The molecule has 132 valence electrons.